The van der Waals surface area contributed by atoms with Gasteiger partial charge in [-0.15, -0.1) is 5.01 Å². The summed E-state index contributed by atoms with van der Waals surface area (Å²) in [6.07, 6.45) is 1.11. The first-order chi connectivity index (χ1) is 36.2. The molecule has 3 aromatic carbocycles. The molecule has 0 radical (unpaired) electrons. The number of ether oxygens (including phenoxy) is 4. The van der Waals surface area contributed by atoms with Gasteiger partial charge < -0.3 is 49.6 Å². The van der Waals surface area contributed by atoms with Crippen molar-refractivity contribution >= 4 is 39.0 Å². The number of hydrazine groups is 1. The Balaban J connectivity index is 0.991. The second-order valence-corrected chi connectivity index (χ2v) is 19.7. The van der Waals surface area contributed by atoms with E-state index in [4.69, 9.17) is 23.8 Å². The van der Waals surface area contributed by atoms with Gasteiger partial charge in [0, 0.05) is 18.8 Å². The van der Waals surface area contributed by atoms with Crippen LogP contribution < -0.4 is 20.3 Å². The molecule has 2 heterocycles. The van der Waals surface area contributed by atoms with Crippen LogP contribution in [0.2, 0.25) is 0 Å². The monoisotopic (exact) mass is 1090 g/mol. The number of nitrogens with one attached hydrogen (secondary N) is 2. The Morgan fingerprint density at radius 2 is 1.78 bits per heavy atom. The number of alkyl carbamates (subject to hydrolysis) is 1. The van der Waals surface area contributed by atoms with Crippen LogP contribution in [-0.4, -0.2) is 126 Å². The Bertz CT molecular complexity index is 2970. The number of unbranched alkanes of at least 4 members (excludes halogenated alkanes) is 1. The van der Waals surface area contributed by atoms with Gasteiger partial charge in [0.2, 0.25) is 15.3 Å². The molecule has 1 saturated carbocycles. The molecule has 5 atom stereocenters. The third-order valence-corrected chi connectivity index (χ3v) is 14.1. The molecule has 76 heavy (non-hydrogen) atoms. The Kier molecular flexibility index (Phi) is 20.3. The molecular formula is C50H60F3N7O15S. The Hall–Kier alpha value is -7.13. The average molecular weight is 1090 g/mol. The lowest BCUT2D eigenvalue weighted by molar-refractivity contribution is -0.708. The van der Waals surface area contributed by atoms with Crippen LogP contribution in [0.3, 0.4) is 0 Å². The summed E-state index contributed by atoms with van der Waals surface area (Å²) in [7, 11) is -3.00. The lowest BCUT2D eigenvalue weighted by Gasteiger charge is -2.19. The number of rotatable bonds is 24. The number of sulfonamides is 1. The molecule has 1 aromatic heterocycles. The number of alkyl halides is 3. The Labute approximate surface area is 434 Å². The smallest absolute Gasteiger partial charge is 0.416 e. The third-order valence-electron chi connectivity index (χ3n) is 12.6. The molecule has 0 spiro atoms. The molecule has 412 valence electrons. The van der Waals surface area contributed by atoms with Crippen molar-refractivity contribution < 1.29 is 80.0 Å². The van der Waals surface area contributed by atoms with Gasteiger partial charge in [0.15, 0.2) is 12.4 Å². The van der Waals surface area contributed by atoms with Gasteiger partial charge in [0.05, 0.1) is 64.5 Å². The zero-order chi connectivity index (χ0) is 55.2. The molecule has 0 unspecified atom stereocenters. The number of carbonyl (C=O) groups excluding carboxylic acids is 3. The zero-order valence-corrected chi connectivity index (χ0v) is 42.6. The van der Waals surface area contributed by atoms with Crippen molar-refractivity contribution in [1.29, 1.82) is 0 Å². The van der Waals surface area contributed by atoms with E-state index in [0.717, 1.165) is 29.5 Å². The Morgan fingerprint density at radius 1 is 1.03 bits per heavy atom. The van der Waals surface area contributed by atoms with E-state index in [1.807, 2.05) is 12.2 Å². The number of nitrogens with zero attached hydrogens (tertiary/aromatic N) is 5. The molecule has 22 nitrogen and oxygen atoms in total. The number of esters is 2. The van der Waals surface area contributed by atoms with Crippen LogP contribution in [0.1, 0.15) is 77.8 Å². The summed E-state index contributed by atoms with van der Waals surface area (Å²) in [5.74, 6) is -2.64. The molecule has 0 bridgehead atoms. The van der Waals surface area contributed by atoms with Gasteiger partial charge in [0.1, 0.15) is 30.0 Å². The maximum absolute atomic E-state index is 14.5. The number of aliphatic hydroxyl groups excluding tert-OH is 3. The quantitative estimate of drug-likeness (QED) is 0.00882. The number of aryl methyl sites for hydroxylation is 2. The molecule has 4 aromatic rings. The number of aromatic nitrogens is 2. The van der Waals surface area contributed by atoms with E-state index in [1.54, 1.807) is 13.0 Å². The fourth-order valence-electron chi connectivity index (χ4n) is 8.79. The van der Waals surface area contributed by atoms with E-state index in [9.17, 15) is 61.3 Å². The van der Waals surface area contributed by atoms with Crippen LogP contribution in [0, 0.1) is 30.9 Å². The highest BCUT2D eigenvalue weighted by molar-refractivity contribution is 7.89. The fraction of sp³-hybridized carbons (Fsp3) is 0.460. The highest BCUT2D eigenvalue weighted by Crippen LogP contribution is 2.37. The van der Waals surface area contributed by atoms with E-state index in [-0.39, 0.29) is 81.8 Å². The molecule has 26 heteroatoms. The molecule has 1 aliphatic carbocycles. The minimum atomic E-state index is -4.55. The van der Waals surface area contributed by atoms with Gasteiger partial charge in [-0.05, 0) is 106 Å². The number of benzene rings is 3. The number of fused-ring (bicyclic) bond motifs is 1. The molecule has 5 N–H and O–H groups in total. The third kappa shape index (κ3) is 15.3. The largest absolute Gasteiger partial charge is 0.569 e. The number of amides is 1. The van der Waals surface area contributed by atoms with Crippen molar-refractivity contribution in [3.05, 3.63) is 123 Å². The molecule has 1 amide bonds. The van der Waals surface area contributed by atoms with E-state index >= 15 is 0 Å². The van der Waals surface area contributed by atoms with Gasteiger partial charge >= 0.3 is 24.2 Å². The molecule has 1 saturated heterocycles. The molecule has 6 rings (SSSR count). The highest BCUT2D eigenvalue weighted by Gasteiger charge is 2.39. The average Bonchev–Trinajstić information content (AvgIpc) is 4.06. The molecule has 2 fully saturated rings. The topological polar surface area (TPSA) is 293 Å². The van der Waals surface area contributed by atoms with E-state index in [0.29, 0.717) is 37.9 Å². The second-order valence-electron chi connectivity index (χ2n) is 17.8. The maximum Gasteiger partial charge on any atom is 0.416 e. The number of aliphatic hydroxyl groups is 3. The van der Waals surface area contributed by atoms with E-state index in [1.165, 1.54) is 67.5 Å². The van der Waals surface area contributed by atoms with Gasteiger partial charge in [-0.1, -0.05) is 42.5 Å². The summed E-state index contributed by atoms with van der Waals surface area (Å²) in [5, 5.41) is 50.8. The minimum absolute atomic E-state index is 0.0236. The summed E-state index contributed by atoms with van der Waals surface area (Å²) < 4.78 is 89.8. The van der Waals surface area contributed by atoms with E-state index < -0.39 is 88.9 Å². The van der Waals surface area contributed by atoms with Crippen LogP contribution in [-0.2, 0) is 46.6 Å². The summed E-state index contributed by atoms with van der Waals surface area (Å²) in [6.45, 7) is 1.95. The number of hydrogen-bond acceptors (Lipinski definition) is 17. The SMILES string of the molecule is CNS(=O)(=O)c1ccccc1-n1c(COC(=O)NCCOC(=O)CCC/C=C\C[C@@H]2[C@@H](/C=C/[C@@H](O)COc3cccc(C(F)(F)F)c3)[C@H](O)C[C@@H]2O)nc2cc(C)c(C(=O)OCO/N=[N+](\[O-])N3CCCC3)c(C)c2c1=O. The summed E-state index contributed by atoms with van der Waals surface area (Å²) in [6, 6.07) is 11.2. The number of halogens is 3. The normalized spacial score (nSPS) is 18.6. The van der Waals surface area contributed by atoms with Crippen molar-refractivity contribution in [2.24, 2.45) is 17.1 Å². The molecule has 1 aliphatic heterocycles. The van der Waals surface area contributed by atoms with Crippen LogP contribution in [0.25, 0.3) is 16.6 Å². The van der Waals surface area contributed by atoms with Crippen LogP contribution in [0.5, 0.6) is 5.75 Å². The molecular weight excluding hydrogens is 1030 g/mol. The zero-order valence-electron chi connectivity index (χ0n) is 41.8. The van der Waals surface area contributed by atoms with Crippen molar-refractivity contribution in [1.82, 2.24) is 24.6 Å². The lowest BCUT2D eigenvalue weighted by atomic mass is 9.89. The van der Waals surface area contributed by atoms with Gasteiger partial charge in [0.25, 0.3) is 12.4 Å². The second kappa shape index (κ2) is 26.6. The summed E-state index contributed by atoms with van der Waals surface area (Å²) in [5.41, 5.74) is -1.33. The van der Waals surface area contributed by atoms with Crippen LogP contribution in [0.4, 0.5) is 18.0 Å². The van der Waals surface area contributed by atoms with Crippen molar-refractivity contribution in [2.75, 3.05) is 46.7 Å². The van der Waals surface area contributed by atoms with Gasteiger partial charge in [-0.2, -0.15) is 13.2 Å². The summed E-state index contributed by atoms with van der Waals surface area (Å²) in [4.78, 5) is 62.7. The number of allylic oxidation sites excluding steroid dienone is 2. The van der Waals surface area contributed by atoms with Gasteiger partial charge in [-0.25, -0.2) is 27.7 Å². The van der Waals surface area contributed by atoms with Crippen LogP contribution >= 0.6 is 0 Å². The highest BCUT2D eigenvalue weighted by atomic mass is 32.2. The number of carbonyl (C=O) groups is 3. The predicted molar refractivity (Wildman–Crippen MR) is 264 cm³/mol. The van der Waals surface area contributed by atoms with E-state index in [2.05, 4.69) is 20.3 Å². The first-order valence-corrected chi connectivity index (χ1v) is 25.7. The lowest BCUT2D eigenvalue weighted by Crippen LogP contribution is -2.31. The maximum atomic E-state index is 14.5. The van der Waals surface area contributed by atoms with Crippen molar-refractivity contribution in [3.8, 4) is 11.4 Å². The number of para-hydroxylation sites is 1. The van der Waals surface area contributed by atoms with Crippen LogP contribution in [0.15, 0.2) is 93.9 Å². The first-order valence-electron chi connectivity index (χ1n) is 24.2. The standard InChI is InChI=1S/C50H60F3N7O15S/c1-31-25-38-46(32(2)45(31)48(66)74-30-75-57-60(68)58-22-10-11-23-58)47(65)59(39-16-8-9-17-42(39)76(69,70)54-3)43(56-38)29-73-49(67)55-21-24-71-44(64)18-7-5-4-6-15-36-37(41(63)27-40(36)62)20-19-34(61)28-72-35-14-12-13-33(26-35)50(51,52)53/h4,6,8-9,12-14,16-17,19-20,25-26,34,36-37,40-41,54,61-63H,5,7,10-11,15,18,21-24,27-30H2,1-3H3,(H,55,67)/b6-4-,20-19+,60-57-/t34-,36-,37-,40+,41-/m1/s1. The minimum Gasteiger partial charge on any atom is -0.569 e. The fourth-order valence-corrected chi connectivity index (χ4v) is 9.71. The Morgan fingerprint density at radius 3 is 2.51 bits per heavy atom. The van der Waals surface area contributed by atoms with Crippen molar-refractivity contribution in [3.63, 3.8) is 0 Å². The summed E-state index contributed by atoms with van der Waals surface area (Å²) >= 11 is 0. The van der Waals surface area contributed by atoms with Crippen molar-refractivity contribution in [2.45, 2.75) is 94.8 Å². The molecule has 2 aliphatic rings. The number of hydrogen-bond donors (Lipinski definition) is 5. The first kappa shape index (κ1) is 58.1. The van der Waals surface area contributed by atoms with Gasteiger partial charge in [-0.3, -0.25) is 14.2 Å². The predicted octanol–water partition coefficient (Wildman–Crippen LogP) is 5.19.